The van der Waals surface area contributed by atoms with E-state index in [0.717, 1.165) is 25.9 Å². The molecule has 1 heterocycles. The Bertz CT molecular complexity index is 151. The Morgan fingerprint density at radius 3 is 2.55 bits per heavy atom. The topological polar surface area (TPSA) is 29.3 Å². The van der Waals surface area contributed by atoms with Gasteiger partial charge in [-0.25, -0.2) is 0 Å². The number of hydrogen-bond acceptors (Lipinski definition) is 2. The number of nitrogens with two attached hydrogens (primary N) is 1. The van der Waals surface area contributed by atoms with E-state index in [1.54, 1.807) is 0 Å². The van der Waals surface area contributed by atoms with Crippen molar-refractivity contribution in [3.63, 3.8) is 0 Å². The molecule has 1 fully saturated rings. The highest BCUT2D eigenvalue weighted by Crippen LogP contribution is 2.17. The molecule has 2 N–H and O–H groups in total. The highest BCUT2D eigenvalue weighted by Gasteiger charge is 2.20. The minimum absolute atomic E-state index is 0.0244. The van der Waals surface area contributed by atoms with Crippen LogP contribution in [0.1, 0.15) is 12.8 Å². The maximum absolute atomic E-state index is 5.74. The Hall–Kier alpha value is -0.520. The Morgan fingerprint density at radius 1 is 1.55 bits per heavy atom. The first-order chi connectivity index (χ1) is 5.24. The maximum atomic E-state index is 5.74. The summed E-state index contributed by atoms with van der Waals surface area (Å²) < 4.78 is 0. The lowest BCUT2D eigenvalue weighted by atomic mass is 9.91. The van der Waals surface area contributed by atoms with E-state index in [1.165, 1.54) is 0 Å². The van der Waals surface area contributed by atoms with E-state index in [-0.39, 0.29) is 6.04 Å². The van der Waals surface area contributed by atoms with Crippen molar-refractivity contribution in [2.24, 2.45) is 11.7 Å². The summed E-state index contributed by atoms with van der Waals surface area (Å²) in [6.07, 6.45) is 7.56. The number of rotatable bonds is 1. The molecule has 11 heavy (non-hydrogen) atoms. The minimum Gasteiger partial charge on any atom is -0.317 e. The van der Waals surface area contributed by atoms with Crippen LogP contribution in [0.25, 0.3) is 0 Å². The van der Waals surface area contributed by atoms with Gasteiger partial charge in [0.05, 0.1) is 6.04 Å². The second-order valence-electron chi connectivity index (χ2n) is 3.33. The molecule has 1 atom stereocenters. The van der Waals surface area contributed by atoms with Crippen LogP contribution >= 0.6 is 0 Å². The van der Waals surface area contributed by atoms with Crippen LogP contribution in [0.5, 0.6) is 0 Å². The molecule has 0 saturated carbocycles. The SMILES string of the molecule is C#CC(N)C1CCN(C)CC1. The first kappa shape index (κ1) is 8.58. The van der Waals surface area contributed by atoms with E-state index >= 15 is 0 Å². The van der Waals surface area contributed by atoms with Crippen molar-refractivity contribution >= 4 is 0 Å². The number of terminal acetylenes is 1. The molecule has 1 aliphatic rings. The Labute approximate surface area is 68.8 Å². The molecular weight excluding hydrogens is 136 g/mol. The van der Waals surface area contributed by atoms with Crippen molar-refractivity contribution in [1.29, 1.82) is 0 Å². The van der Waals surface area contributed by atoms with Crippen LogP contribution in [0, 0.1) is 18.3 Å². The van der Waals surface area contributed by atoms with Gasteiger partial charge in [0, 0.05) is 0 Å². The Morgan fingerprint density at radius 2 is 2.09 bits per heavy atom. The van der Waals surface area contributed by atoms with Crippen LogP contribution in [-0.2, 0) is 0 Å². The van der Waals surface area contributed by atoms with Gasteiger partial charge in [-0.2, -0.15) is 0 Å². The Balaban J connectivity index is 2.34. The third-order valence-corrected chi connectivity index (χ3v) is 2.46. The molecular formula is C9H16N2. The van der Waals surface area contributed by atoms with Gasteiger partial charge in [-0.1, -0.05) is 5.92 Å². The van der Waals surface area contributed by atoms with Crippen molar-refractivity contribution in [3.05, 3.63) is 0 Å². The van der Waals surface area contributed by atoms with Crippen molar-refractivity contribution in [2.75, 3.05) is 20.1 Å². The number of piperidine rings is 1. The Kier molecular flexibility index (Phi) is 2.92. The van der Waals surface area contributed by atoms with Gasteiger partial charge in [-0.05, 0) is 38.9 Å². The third kappa shape index (κ3) is 2.21. The fourth-order valence-corrected chi connectivity index (χ4v) is 1.52. The zero-order chi connectivity index (χ0) is 8.27. The molecule has 0 aromatic carbocycles. The quantitative estimate of drug-likeness (QED) is 0.547. The van der Waals surface area contributed by atoms with E-state index in [0.29, 0.717) is 5.92 Å². The molecule has 1 aliphatic heterocycles. The van der Waals surface area contributed by atoms with Crippen molar-refractivity contribution in [1.82, 2.24) is 4.90 Å². The van der Waals surface area contributed by atoms with Gasteiger partial charge >= 0.3 is 0 Å². The molecule has 1 saturated heterocycles. The van der Waals surface area contributed by atoms with Crippen LogP contribution in [0.2, 0.25) is 0 Å². The van der Waals surface area contributed by atoms with Gasteiger partial charge < -0.3 is 10.6 Å². The normalized spacial score (nSPS) is 24.5. The van der Waals surface area contributed by atoms with Crippen molar-refractivity contribution in [2.45, 2.75) is 18.9 Å². The summed E-state index contributed by atoms with van der Waals surface area (Å²) in [6, 6.07) is -0.0244. The highest BCUT2D eigenvalue weighted by molar-refractivity contribution is 5.01. The van der Waals surface area contributed by atoms with Crippen LogP contribution < -0.4 is 5.73 Å². The summed E-state index contributed by atoms with van der Waals surface area (Å²) in [6.45, 7) is 2.28. The van der Waals surface area contributed by atoms with Gasteiger partial charge in [0.1, 0.15) is 0 Å². The molecule has 62 valence electrons. The zero-order valence-corrected chi connectivity index (χ0v) is 7.09. The van der Waals surface area contributed by atoms with Crippen LogP contribution in [0.15, 0.2) is 0 Å². The van der Waals surface area contributed by atoms with E-state index in [4.69, 9.17) is 12.2 Å². The maximum Gasteiger partial charge on any atom is 0.0691 e. The summed E-state index contributed by atoms with van der Waals surface area (Å²) in [4.78, 5) is 2.32. The van der Waals surface area contributed by atoms with Gasteiger partial charge in [-0.3, -0.25) is 0 Å². The molecule has 0 radical (unpaired) electrons. The van der Waals surface area contributed by atoms with Gasteiger partial charge in [0.2, 0.25) is 0 Å². The van der Waals surface area contributed by atoms with E-state index < -0.39 is 0 Å². The summed E-state index contributed by atoms with van der Waals surface area (Å²) >= 11 is 0. The summed E-state index contributed by atoms with van der Waals surface area (Å²) in [7, 11) is 2.14. The predicted molar refractivity (Wildman–Crippen MR) is 47.0 cm³/mol. The first-order valence-corrected chi connectivity index (χ1v) is 4.14. The molecule has 1 rings (SSSR count). The van der Waals surface area contributed by atoms with E-state index in [1.807, 2.05) is 0 Å². The summed E-state index contributed by atoms with van der Waals surface area (Å²) in [5.41, 5.74) is 5.74. The number of hydrogen-bond donors (Lipinski definition) is 1. The molecule has 0 aliphatic carbocycles. The predicted octanol–water partition coefficient (Wildman–Crippen LogP) is 0.289. The average Bonchev–Trinajstić information content (AvgIpc) is 2.05. The minimum atomic E-state index is -0.0244. The second-order valence-corrected chi connectivity index (χ2v) is 3.33. The van der Waals surface area contributed by atoms with Crippen molar-refractivity contribution in [3.8, 4) is 12.3 Å². The molecule has 0 spiro atoms. The van der Waals surface area contributed by atoms with Crippen molar-refractivity contribution < 1.29 is 0 Å². The molecule has 0 bridgehead atoms. The number of likely N-dealkylation sites (tertiary alicyclic amines) is 1. The standard InChI is InChI=1S/C9H16N2/c1-3-9(10)8-4-6-11(2)7-5-8/h1,8-9H,4-7,10H2,2H3. The van der Waals surface area contributed by atoms with Gasteiger partial charge in [0.15, 0.2) is 0 Å². The van der Waals surface area contributed by atoms with Gasteiger partial charge in [-0.15, -0.1) is 6.42 Å². The lowest BCUT2D eigenvalue weighted by Crippen LogP contribution is -2.38. The molecule has 0 aromatic rings. The van der Waals surface area contributed by atoms with E-state index in [9.17, 15) is 0 Å². The van der Waals surface area contributed by atoms with Gasteiger partial charge in [0.25, 0.3) is 0 Å². The molecule has 0 aromatic heterocycles. The molecule has 0 amide bonds. The fourth-order valence-electron chi connectivity index (χ4n) is 1.52. The van der Waals surface area contributed by atoms with Crippen LogP contribution in [0.4, 0.5) is 0 Å². The molecule has 2 heteroatoms. The summed E-state index contributed by atoms with van der Waals surface area (Å²) in [5.74, 6) is 3.16. The highest BCUT2D eigenvalue weighted by atomic mass is 15.1. The number of nitrogens with zero attached hydrogens (tertiary/aromatic N) is 1. The van der Waals surface area contributed by atoms with Crippen LogP contribution in [-0.4, -0.2) is 31.1 Å². The monoisotopic (exact) mass is 152 g/mol. The molecule has 2 nitrogen and oxygen atoms in total. The van der Waals surface area contributed by atoms with E-state index in [2.05, 4.69) is 17.9 Å². The van der Waals surface area contributed by atoms with Crippen LogP contribution in [0.3, 0.4) is 0 Å². The lowest BCUT2D eigenvalue weighted by Gasteiger charge is -2.30. The fraction of sp³-hybridized carbons (Fsp3) is 0.778. The smallest absolute Gasteiger partial charge is 0.0691 e. The molecule has 1 unspecified atom stereocenters. The average molecular weight is 152 g/mol. The second kappa shape index (κ2) is 3.75. The third-order valence-electron chi connectivity index (χ3n) is 2.46. The first-order valence-electron chi connectivity index (χ1n) is 4.14. The lowest BCUT2D eigenvalue weighted by molar-refractivity contribution is 0.211. The summed E-state index contributed by atoms with van der Waals surface area (Å²) in [5, 5.41) is 0. The largest absolute Gasteiger partial charge is 0.317 e. The zero-order valence-electron chi connectivity index (χ0n) is 7.09.